The number of anilines is 3. The minimum Gasteiger partial charge on any atom is -0.480 e. The number of hydrogen-bond acceptors (Lipinski definition) is 4. The zero-order chi connectivity index (χ0) is 42.1. The highest BCUT2D eigenvalue weighted by atomic mass is 16.4. The number of nitrogens with one attached hydrogen (secondary N) is 1. The lowest BCUT2D eigenvalue weighted by Gasteiger charge is -2.30. The van der Waals surface area contributed by atoms with Crippen molar-refractivity contribution < 1.29 is 19.5 Å². The number of primary amides is 1. The van der Waals surface area contributed by atoms with Gasteiger partial charge in [0.25, 0.3) is 5.91 Å². The van der Waals surface area contributed by atoms with Gasteiger partial charge < -0.3 is 21.1 Å². The largest absolute Gasteiger partial charge is 0.480 e. The van der Waals surface area contributed by atoms with Crippen LogP contribution in [0.1, 0.15) is 70.7 Å². The van der Waals surface area contributed by atoms with E-state index in [9.17, 15) is 19.5 Å². The molecule has 0 aliphatic heterocycles. The molecule has 7 heteroatoms. The van der Waals surface area contributed by atoms with Crippen molar-refractivity contribution in [3.8, 4) is 22.3 Å². The van der Waals surface area contributed by atoms with Crippen molar-refractivity contribution in [2.45, 2.75) is 38.5 Å². The van der Waals surface area contributed by atoms with Crippen LogP contribution in [0.3, 0.4) is 0 Å². The van der Waals surface area contributed by atoms with E-state index in [1.165, 1.54) is 44.5 Å². The standard InChI is InChI=1S/C54H41N3O4/c1-53(2)43-14-7-5-11-33(43)35-18-16-30(26-45(35)53)57(31-17-19-36-34-12-6-8-15-44(34)54(3,4)46(36)27-31)32-24-29-10-9-13-37-38-21-23-41(52(61)56-28-47(58)59)50-40(51(55)60)22-20-39(49(38)50)42(25-32)48(29)37/h5-27H,28H2,1-4H3,(H2,55,60)(H,56,61)(H,58,59). The molecule has 7 nitrogen and oxygen atoms in total. The van der Waals surface area contributed by atoms with Crippen LogP contribution in [0.15, 0.2) is 140 Å². The molecule has 0 saturated carbocycles. The summed E-state index contributed by atoms with van der Waals surface area (Å²) in [4.78, 5) is 40.5. The number of hydrogen-bond donors (Lipinski definition) is 3. The molecule has 11 rings (SSSR count). The van der Waals surface area contributed by atoms with Gasteiger partial charge in [-0.1, -0.05) is 119 Å². The van der Waals surface area contributed by atoms with Crippen molar-refractivity contribution in [2.24, 2.45) is 5.73 Å². The Bertz CT molecular complexity index is 3310. The molecule has 9 aromatic rings. The van der Waals surface area contributed by atoms with Crippen LogP contribution >= 0.6 is 0 Å². The van der Waals surface area contributed by atoms with Crippen LogP contribution in [-0.2, 0) is 15.6 Å². The molecule has 0 spiro atoms. The summed E-state index contributed by atoms with van der Waals surface area (Å²) in [6.45, 7) is 8.65. The van der Waals surface area contributed by atoms with Crippen LogP contribution in [0.4, 0.5) is 17.1 Å². The first-order valence-corrected chi connectivity index (χ1v) is 20.6. The lowest BCUT2D eigenvalue weighted by atomic mass is 9.82. The average molecular weight is 796 g/mol. The Balaban J connectivity index is 1.20. The van der Waals surface area contributed by atoms with Crippen molar-refractivity contribution in [2.75, 3.05) is 11.4 Å². The van der Waals surface area contributed by atoms with Gasteiger partial charge in [0.2, 0.25) is 5.91 Å². The third-order valence-corrected chi connectivity index (χ3v) is 13.5. The second kappa shape index (κ2) is 12.7. The molecule has 0 radical (unpaired) electrons. The fraction of sp³-hybridized carbons (Fsp3) is 0.130. The molecule has 0 fully saturated rings. The highest BCUT2D eigenvalue weighted by molar-refractivity contribution is 6.36. The van der Waals surface area contributed by atoms with E-state index in [4.69, 9.17) is 5.73 Å². The van der Waals surface area contributed by atoms with Crippen LogP contribution in [0.25, 0.3) is 65.3 Å². The molecule has 2 amide bonds. The zero-order valence-electron chi connectivity index (χ0n) is 34.2. The summed E-state index contributed by atoms with van der Waals surface area (Å²) in [5, 5.41) is 18.7. The van der Waals surface area contributed by atoms with Gasteiger partial charge in [-0.3, -0.25) is 14.4 Å². The number of nitrogens with zero attached hydrogens (tertiary/aromatic N) is 1. The van der Waals surface area contributed by atoms with Gasteiger partial charge in [-0.15, -0.1) is 0 Å². The van der Waals surface area contributed by atoms with Gasteiger partial charge in [0, 0.05) is 44.4 Å². The Morgan fingerprint density at radius 3 is 1.66 bits per heavy atom. The number of aliphatic carboxylic acids is 1. The lowest BCUT2D eigenvalue weighted by molar-refractivity contribution is -0.135. The molecule has 0 atom stereocenters. The minimum atomic E-state index is -1.17. The van der Waals surface area contributed by atoms with Gasteiger partial charge >= 0.3 is 5.97 Å². The number of benzene rings is 9. The fourth-order valence-corrected chi connectivity index (χ4v) is 10.7. The smallest absolute Gasteiger partial charge is 0.322 e. The summed E-state index contributed by atoms with van der Waals surface area (Å²) in [7, 11) is 0. The molecule has 0 heterocycles. The van der Waals surface area contributed by atoms with Crippen LogP contribution in [0.2, 0.25) is 0 Å². The van der Waals surface area contributed by atoms with Crippen molar-refractivity contribution in [3.63, 3.8) is 0 Å². The molecular weight excluding hydrogens is 755 g/mol. The number of carbonyl (C=O) groups is 3. The Morgan fingerprint density at radius 2 is 1.07 bits per heavy atom. The predicted molar refractivity (Wildman–Crippen MR) is 246 cm³/mol. The van der Waals surface area contributed by atoms with E-state index >= 15 is 0 Å². The second-order valence-electron chi connectivity index (χ2n) is 17.5. The maximum absolute atomic E-state index is 13.6. The summed E-state index contributed by atoms with van der Waals surface area (Å²) in [5.74, 6) is -2.44. The number of nitrogens with two attached hydrogens (primary N) is 1. The highest BCUT2D eigenvalue weighted by Gasteiger charge is 2.38. The van der Waals surface area contributed by atoms with Gasteiger partial charge in [-0.05, 0) is 131 Å². The maximum Gasteiger partial charge on any atom is 0.322 e. The number of carboxylic acids is 1. The van der Waals surface area contributed by atoms with E-state index in [-0.39, 0.29) is 22.0 Å². The van der Waals surface area contributed by atoms with E-state index in [0.29, 0.717) is 5.39 Å². The quantitative estimate of drug-likeness (QED) is 0.110. The SMILES string of the molecule is CC1(C)c2ccccc2-c2ccc(N(c3ccc4c(c3)C(C)(C)c3ccccc3-4)c3cc4cccc5c6ccc(C(=O)NCC(=O)O)c7c(C(N)=O)ccc(c(c3)c45)c76)cc21. The molecule has 2 aliphatic carbocycles. The third kappa shape index (κ3) is 5.13. The summed E-state index contributed by atoms with van der Waals surface area (Å²) < 4.78 is 0. The van der Waals surface area contributed by atoms with Gasteiger partial charge in [0.1, 0.15) is 6.54 Å². The molecule has 0 unspecified atom stereocenters. The minimum absolute atomic E-state index is 0.188. The van der Waals surface area contributed by atoms with Crippen LogP contribution < -0.4 is 16.0 Å². The number of carbonyl (C=O) groups excluding carboxylic acids is 2. The van der Waals surface area contributed by atoms with E-state index in [1.807, 2.05) is 18.2 Å². The van der Waals surface area contributed by atoms with E-state index in [2.05, 4.69) is 147 Å². The highest BCUT2D eigenvalue weighted by Crippen LogP contribution is 2.54. The van der Waals surface area contributed by atoms with Crippen LogP contribution in [0.5, 0.6) is 0 Å². The lowest BCUT2D eigenvalue weighted by Crippen LogP contribution is -2.29. The maximum atomic E-state index is 13.6. The Hall–Kier alpha value is -7.51. The molecule has 2 aliphatic rings. The summed E-state index contributed by atoms with van der Waals surface area (Å²) >= 11 is 0. The Kier molecular flexibility index (Phi) is 7.64. The van der Waals surface area contributed by atoms with Crippen molar-refractivity contribution >= 4 is 77.9 Å². The number of carboxylic acid groups (broad SMARTS) is 1. The molecule has 4 N–H and O–H groups in total. The molecule has 0 saturated heterocycles. The van der Waals surface area contributed by atoms with E-state index < -0.39 is 24.3 Å². The summed E-state index contributed by atoms with van der Waals surface area (Å²) in [5.41, 5.74) is 19.1. The van der Waals surface area contributed by atoms with Gasteiger partial charge in [-0.25, -0.2) is 0 Å². The second-order valence-corrected chi connectivity index (χ2v) is 17.5. The Morgan fingerprint density at radius 1 is 0.525 bits per heavy atom. The normalized spacial score (nSPS) is 14.2. The van der Waals surface area contributed by atoms with Crippen molar-refractivity contribution in [1.29, 1.82) is 0 Å². The average Bonchev–Trinajstić information content (AvgIpc) is 3.63. The van der Waals surface area contributed by atoms with Crippen molar-refractivity contribution in [3.05, 3.63) is 173 Å². The topological polar surface area (TPSA) is 113 Å². The van der Waals surface area contributed by atoms with Crippen LogP contribution in [-0.4, -0.2) is 29.4 Å². The van der Waals surface area contributed by atoms with Gasteiger partial charge in [0.15, 0.2) is 0 Å². The molecule has 61 heavy (non-hydrogen) atoms. The van der Waals surface area contributed by atoms with Gasteiger partial charge in [-0.2, -0.15) is 0 Å². The Labute approximate surface area is 352 Å². The van der Waals surface area contributed by atoms with Gasteiger partial charge in [0.05, 0.1) is 0 Å². The summed E-state index contributed by atoms with van der Waals surface area (Å²) in [6, 6.07) is 49.0. The fourth-order valence-electron chi connectivity index (χ4n) is 10.7. The zero-order valence-corrected chi connectivity index (χ0v) is 34.2. The molecule has 9 aromatic carbocycles. The number of amides is 2. The van der Waals surface area contributed by atoms with E-state index in [1.54, 1.807) is 12.1 Å². The monoisotopic (exact) mass is 795 g/mol. The van der Waals surface area contributed by atoms with Crippen molar-refractivity contribution in [1.82, 2.24) is 5.32 Å². The molecule has 296 valence electrons. The molecular formula is C54H41N3O4. The first-order valence-electron chi connectivity index (χ1n) is 20.6. The predicted octanol–water partition coefficient (Wildman–Crippen LogP) is 11.7. The summed E-state index contributed by atoms with van der Waals surface area (Å²) in [6.07, 6.45) is 0. The van der Waals surface area contributed by atoms with E-state index in [0.717, 1.165) is 54.8 Å². The molecule has 0 bridgehead atoms. The first kappa shape index (κ1) is 36.6. The molecule has 0 aromatic heterocycles. The first-order chi connectivity index (χ1) is 29.3. The number of fused-ring (bicyclic) bond motifs is 8. The third-order valence-electron chi connectivity index (χ3n) is 13.5. The van der Waals surface area contributed by atoms with Crippen LogP contribution in [0, 0.1) is 0 Å². The number of rotatable bonds is 7.